The lowest BCUT2D eigenvalue weighted by Crippen LogP contribution is -2.12. The number of rotatable bonds is 1. The first-order valence-electron chi connectivity index (χ1n) is 2.44. The molecule has 0 aromatic rings. The minimum atomic E-state index is 0.625. The number of aliphatic imine (C=N–C) groups is 1. The molecule has 0 aromatic heterocycles. The van der Waals surface area contributed by atoms with Gasteiger partial charge in [-0.3, -0.25) is 0 Å². The minimum absolute atomic E-state index is 0.625. The second kappa shape index (κ2) is 5.45. The van der Waals surface area contributed by atoms with Crippen LogP contribution in [0.2, 0.25) is 0 Å². The van der Waals surface area contributed by atoms with E-state index in [0.29, 0.717) is 5.17 Å². The first-order valence-corrected chi connectivity index (χ1v) is 3.32. The molecule has 0 spiro atoms. The van der Waals surface area contributed by atoms with Crippen molar-refractivity contribution >= 4 is 16.9 Å². The van der Waals surface area contributed by atoms with Crippen LogP contribution in [0.15, 0.2) is 4.99 Å². The first kappa shape index (κ1) is 8.31. The van der Waals surface area contributed by atoms with Crippen LogP contribution in [0.4, 0.5) is 0 Å². The van der Waals surface area contributed by atoms with Crippen LogP contribution in [0.25, 0.3) is 0 Å². The maximum Gasteiger partial charge on any atom is 0.208 e. The van der Waals surface area contributed by atoms with E-state index in [-0.39, 0.29) is 0 Å². The Morgan fingerprint density at radius 2 is 2.56 bits per heavy atom. The Morgan fingerprint density at radius 3 is 2.89 bits per heavy atom. The minimum Gasteiger partial charge on any atom is -0.367 e. The SMILES string of the molecule is C[CH]S/C(=N/C#N)NC. The molecule has 1 radical (unpaired) electrons. The molecular formula is C5H8N3S. The van der Waals surface area contributed by atoms with E-state index in [1.807, 2.05) is 12.7 Å². The Labute approximate surface area is 59.2 Å². The summed E-state index contributed by atoms with van der Waals surface area (Å²) in [6.45, 7) is 1.88. The highest BCUT2D eigenvalue weighted by molar-refractivity contribution is 8.15. The van der Waals surface area contributed by atoms with Crippen molar-refractivity contribution in [3.05, 3.63) is 5.75 Å². The Kier molecular flexibility index (Phi) is 5.03. The molecule has 0 aliphatic rings. The molecule has 0 saturated carbocycles. The second-order valence-electron chi connectivity index (χ2n) is 1.12. The van der Waals surface area contributed by atoms with Crippen LogP contribution in [0, 0.1) is 17.2 Å². The summed E-state index contributed by atoms with van der Waals surface area (Å²) in [7, 11) is 1.73. The lowest BCUT2D eigenvalue weighted by Gasteiger charge is -1.96. The Bertz CT molecular complexity index is 136. The molecular weight excluding hydrogens is 134 g/mol. The monoisotopic (exact) mass is 142 g/mol. The Morgan fingerprint density at radius 1 is 1.89 bits per heavy atom. The molecule has 9 heavy (non-hydrogen) atoms. The summed E-state index contributed by atoms with van der Waals surface area (Å²) in [4.78, 5) is 3.48. The van der Waals surface area contributed by atoms with Crippen molar-refractivity contribution in [1.29, 1.82) is 5.26 Å². The Hall–Kier alpha value is -0.690. The van der Waals surface area contributed by atoms with Gasteiger partial charge in [0.2, 0.25) is 6.19 Å². The van der Waals surface area contributed by atoms with E-state index in [2.05, 4.69) is 10.3 Å². The van der Waals surface area contributed by atoms with Gasteiger partial charge in [0.25, 0.3) is 0 Å². The first-order chi connectivity index (χ1) is 4.35. The van der Waals surface area contributed by atoms with Gasteiger partial charge >= 0.3 is 0 Å². The predicted molar refractivity (Wildman–Crippen MR) is 39.7 cm³/mol. The summed E-state index contributed by atoms with van der Waals surface area (Å²) in [5.74, 6) is 1.85. The maximum absolute atomic E-state index is 8.09. The molecule has 4 heteroatoms. The number of nitrogens with zero attached hydrogens (tertiary/aromatic N) is 2. The van der Waals surface area contributed by atoms with Crippen LogP contribution >= 0.6 is 11.8 Å². The number of nitriles is 1. The van der Waals surface area contributed by atoms with E-state index >= 15 is 0 Å². The normalized spacial score (nSPS) is 10.6. The third-order valence-electron chi connectivity index (χ3n) is 0.595. The molecule has 49 valence electrons. The Balaban J connectivity index is 3.70. The summed E-state index contributed by atoms with van der Waals surface area (Å²) >= 11 is 1.39. The van der Waals surface area contributed by atoms with Gasteiger partial charge in [-0.15, -0.1) is 4.99 Å². The van der Waals surface area contributed by atoms with Crippen LogP contribution in [-0.4, -0.2) is 12.2 Å². The van der Waals surface area contributed by atoms with Crippen molar-refractivity contribution < 1.29 is 0 Å². The lowest BCUT2D eigenvalue weighted by atomic mass is 11.0. The highest BCUT2D eigenvalue weighted by Gasteiger charge is 1.91. The molecule has 0 amide bonds. The van der Waals surface area contributed by atoms with E-state index in [1.165, 1.54) is 11.8 Å². The predicted octanol–water partition coefficient (Wildman–Crippen LogP) is 0.958. The maximum atomic E-state index is 8.09. The summed E-state index contributed by atoms with van der Waals surface area (Å²) < 4.78 is 0. The second-order valence-corrected chi connectivity index (χ2v) is 2.21. The van der Waals surface area contributed by atoms with E-state index in [1.54, 1.807) is 13.2 Å². The topological polar surface area (TPSA) is 48.2 Å². The molecule has 0 saturated heterocycles. The number of hydrogen-bond acceptors (Lipinski definition) is 3. The average molecular weight is 142 g/mol. The molecule has 0 aromatic carbocycles. The zero-order chi connectivity index (χ0) is 7.11. The van der Waals surface area contributed by atoms with E-state index in [4.69, 9.17) is 5.26 Å². The van der Waals surface area contributed by atoms with Crippen LogP contribution in [0.1, 0.15) is 6.92 Å². The van der Waals surface area contributed by atoms with Gasteiger partial charge in [0.1, 0.15) is 0 Å². The van der Waals surface area contributed by atoms with Crippen LogP contribution in [-0.2, 0) is 0 Å². The van der Waals surface area contributed by atoms with Gasteiger partial charge < -0.3 is 5.32 Å². The molecule has 0 atom stereocenters. The fraction of sp³-hybridized carbons (Fsp3) is 0.400. The van der Waals surface area contributed by atoms with Crippen LogP contribution in [0.3, 0.4) is 0 Å². The van der Waals surface area contributed by atoms with Gasteiger partial charge in [0.15, 0.2) is 5.17 Å². The van der Waals surface area contributed by atoms with E-state index in [0.717, 1.165) is 0 Å². The van der Waals surface area contributed by atoms with Gasteiger partial charge in [-0.2, -0.15) is 5.26 Å². The quantitative estimate of drug-likeness (QED) is 0.337. The summed E-state index contributed by atoms with van der Waals surface area (Å²) in [6, 6.07) is 0. The lowest BCUT2D eigenvalue weighted by molar-refractivity contribution is 1.19. The van der Waals surface area contributed by atoms with Gasteiger partial charge in [0, 0.05) is 12.8 Å². The van der Waals surface area contributed by atoms with Gasteiger partial charge in [-0.25, -0.2) is 0 Å². The summed E-state index contributed by atoms with van der Waals surface area (Å²) in [5.41, 5.74) is 0. The molecule has 3 nitrogen and oxygen atoms in total. The average Bonchev–Trinajstić information content (AvgIpc) is 1.88. The molecule has 0 heterocycles. The molecule has 0 rings (SSSR count). The third kappa shape index (κ3) is 3.86. The van der Waals surface area contributed by atoms with Crippen molar-refractivity contribution in [3.63, 3.8) is 0 Å². The summed E-state index contributed by atoms with van der Waals surface area (Å²) in [6.07, 6.45) is 1.69. The molecule has 0 aliphatic heterocycles. The molecule has 0 bridgehead atoms. The molecule has 0 aliphatic carbocycles. The summed E-state index contributed by atoms with van der Waals surface area (Å²) in [5, 5.41) is 11.5. The number of amidine groups is 1. The third-order valence-corrected chi connectivity index (χ3v) is 1.35. The molecule has 1 N–H and O–H groups in total. The number of hydrogen-bond donors (Lipinski definition) is 1. The van der Waals surface area contributed by atoms with E-state index < -0.39 is 0 Å². The number of nitrogens with one attached hydrogen (secondary N) is 1. The van der Waals surface area contributed by atoms with Crippen molar-refractivity contribution in [2.45, 2.75) is 6.92 Å². The van der Waals surface area contributed by atoms with Gasteiger partial charge in [-0.1, -0.05) is 18.7 Å². The smallest absolute Gasteiger partial charge is 0.208 e. The highest BCUT2D eigenvalue weighted by Crippen LogP contribution is 2.03. The zero-order valence-corrected chi connectivity index (χ0v) is 6.20. The fourth-order valence-corrected chi connectivity index (χ4v) is 0.733. The highest BCUT2D eigenvalue weighted by atomic mass is 32.2. The van der Waals surface area contributed by atoms with Crippen LogP contribution in [0.5, 0.6) is 0 Å². The van der Waals surface area contributed by atoms with Crippen molar-refractivity contribution in [3.8, 4) is 6.19 Å². The zero-order valence-electron chi connectivity index (χ0n) is 5.38. The molecule has 0 unspecified atom stereocenters. The van der Waals surface area contributed by atoms with Gasteiger partial charge in [0.05, 0.1) is 0 Å². The number of thioether (sulfide) groups is 1. The largest absolute Gasteiger partial charge is 0.367 e. The van der Waals surface area contributed by atoms with Crippen molar-refractivity contribution in [1.82, 2.24) is 5.32 Å². The van der Waals surface area contributed by atoms with E-state index in [9.17, 15) is 0 Å². The van der Waals surface area contributed by atoms with Crippen molar-refractivity contribution in [2.75, 3.05) is 7.05 Å². The van der Waals surface area contributed by atoms with Crippen molar-refractivity contribution in [2.24, 2.45) is 4.99 Å². The van der Waals surface area contributed by atoms with Gasteiger partial charge in [-0.05, 0) is 0 Å². The molecule has 0 fully saturated rings. The fourth-order valence-electron chi connectivity index (χ4n) is 0.298. The standard InChI is InChI=1S/C5H8N3S/c1-3-9-5(7-2)8-4-6/h3H,1-2H3,(H,7,8). The van der Waals surface area contributed by atoms with Crippen LogP contribution < -0.4 is 5.32 Å².